The zero-order chi connectivity index (χ0) is 14.4. The maximum Gasteiger partial charge on any atom is 0.313 e. The molecule has 0 aliphatic carbocycles. The third kappa shape index (κ3) is 4.58. The van der Waals surface area contributed by atoms with E-state index in [1.165, 1.54) is 11.8 Å². The summed E-state index contributed by atoms with van der Waals surface area (Å²) in [7, 11) is 0. The number of carbonyl (C=O) groups is 1. The number of rotatable bonds is 6. The predicted octanol–water partition coefficient (Wildman–Crippen LogP) is 4.44. The Bertz CT molecular complexity index is 554. The molecule has 1 N–H and O–H groups in total. The van der Waals surface area contributed by atoms with Gasteiger partial charge >= 0.3 is 5.97 Å². The Morgan fingerprint density at radius 3 is 2.35 bits per heavy atom. The molecule has 0 fully saturated rings. The van der Waals surface area contributed by atoms with Gasteiger partial charge in [0.1, 0.15) is 0 Å². The zero-order valence-corrected chi connectivity index (χ0v) is 12.4. The number of carboxylic acid groups (broad SMARTS) is 1. The number of hydrogen-bond donors (Lipinski definition) is 1. The van der Waals surface area contributed by atoms with Crippen LogP contribution in [0, 0.1) is 0 Å². The van der Waals surface area contributed by atoms with Gasteiger partial charge in [-0.1, -0.05) is 54.1 Å². The molecule has 0 aliphatic heterocycles. The lowest BCUT2D eigenvalue weighted by molar-refractivity contribution is -0.133. The Kier molecular flexibility index (Phi) is 5.50. The maximum absolute atomic E-state index is 10.8. The fourth-order valence-corrected chi connectivity index (χ4v) is 3.08. The first-order valence-corrected chi connectivity index (χ1v) is 7.70. The van der Waals surface area contributed by atoms with E-state index >= 15 is 0 Å². The van der Waals surface area contributed by atoms with E-state index in [9.17, 15) is 4.79 Å². The molecule has 0 amide bonds. The average Bonchev–Trinajstić information content (AvgIpc) is 2.46. The van der Waals surface area contributed by atoms with Crippen molar-refractivity contribution in [3.05, 3.63) is 70.7 Å². The third-order valence-corrected chi connectivity index (χ3v) is 4.42. The summed E-state index contributed by atoms with van der Waals surface area (Å²) < 4.78 is 0. The number of aliphatic carboxylic acids is 1. The van der Waals surface area contributed by atoms with E-state index in [1.54, 1.807) is 0 Å². The first-order valence-electron chi connectivity index (χ1n) is 6.28. The van der Waals surface area contributed by atoms with E-state index in [-0.39, 0.29) is 11.0 Å². The minimum Gasteiger partial charge on any atom is -0.481 e. The van der Waals surface area contributed by atoms with Crippen LogP contribution in [0.1, 0.15) is 16.4 Å². The van der Waals surface area contributed by atoms with Gasteiger partial charge in [-0.25, -0.2) is 0 Å². The monoisotopic (exact) mass is 306 g/mol. The van der Waals surface area contributed by atoms with Crippen LogP contribution in [-0.4, -0.2) is 16.8 Å². The molecule has 2 nitrogen and oxygen atoms in total. The second kappa shape index (κ2) is 7.36. The molecule has 0 radical (unpaired) electrons. The first-order chi connectivity index (χ1) is 9.65. The van der Waals surface area contributed by atoms with E-state index in [1.807, 2.05) is 54.6 Å². The summed E-state index contributed by atoms with van der Waals surface area (Å²) in [6.07, 6.45) is 0.791. The van der Waals surface area contributed by atoms with Crippen LogP contribution in [0.4, 0.5) is 0 Å². The second-order valence-corrected chi connectivity index (χ2v) is 6.06. The average molecular weight is 307 g/mol. The summed E-state index contributed by atoms with van der Waals surface area (Å²) in [4.78, 5) is 10.8. The van der Waals surface area contributed by atoms with Gasteiger partial charge < -0.3 is 5.11 Å². The molecule has 1 unspecified atom stereocenters. The molecule has 0 bridgehead atoms. The van der Waals surface area contributed by atoms with Gasteiger partial charge in [-0.2, -0.15) is 0 Å². The fraction of sp³-hybridized carbons (Fsp3) is 0.188. The molecule has 0 spiro atoms. The van der Waals surface area contributed by atoms with Crippen molar-refractivity contribution < 1.29 is 9.90 Å². The predicted molar refractivity (Wildman–Crippen MR) is 84.4 cm³/mol. The Balaban J connectivity index is 2.13. The number of carboxylic acids is 1. The third-order valence-electron chi connectivity index (χ3n) is 2.91. The van der Waals surface area contributed by atoms with Crippen molar-refractivity contribution in [3.8, 4) is 0 Å². The largest absolute Gasteiger partial charge is 0.481 e. The van der Waals surface area contributed by atoms with Crippen molar-refractivity contribution in [2.24, 2.45) is 0 Å². The normalized spacial score (nSPS) is 12.1. The van der Waals surface area contributed by atoms with Crippen LogP contribution in [0.2, 0.25) is 5.02 Å². The molecule has 1 atom stereocenters. The van der Waals surface area contributed by atoms with E-state index in [0.717, 1.165) is 17.5 Å². The lowest BCUT2D eigenvalue weighted by atomic mass is 10.0. The molecule has 0 aromatic heterocycles. The molecular formula is C16H15ClO2S. The van der Waals surface area contributed by atoms with Crippen molar-refractivity contribution in [1.29, 1.82) is 0 Å². The van der Waals surface area contributed by atoms with Crippen molar-refractivity contribution >= 4 is 29.3 Å². The van der Waals surface area contributed by atoms with Gasteiger partial charge in [-0.05, 0) is 29.7 Å². The van der Waals surface area contributed by atoms with Crippen molar-refractivity contribution in [2.45, 2.75) is 11.7 Å². The zero-order valence-electron chi connectivity index (χ0n) is 10.8. The van der Waals surface area contributed by atoms with Crippen LogP contribution >= 0.6 is 23.4 Å². The maximum atomic E-state index is 10.8. The minimum atomic E-state index is -0.785. The lowest BCUT2D eigenvalue weighted by Gasteiger charge is -2.16. The lowest BCUT2D eigenvalue weighted by Crippen LogP contribution is -2.05. The molecule has 2 aromatic carbocycles. The molecule has 2 aromatic rings. The Morgan fingerprint density at radius 2 is 1.75 bits per heavy atom. The van der Waals surface area contributed by atoms with Crippen LogP contribution in [0.15, 0.2) is 54.6 Å². The van der Waals surface area contributed by atoms with Gasteiger partial charge in [0.25, 0.3) is 0 Å². The van der Waals surface area contributed by atoms with E-state index in [4.69, 9.17) is 16.7 Å². The van der Waals surface area contributed by atoms with Crippen LogP contribution in [0.3, 0.4) is 0 Å². The summed E-state index contributed by atoms with van der Waals surface area (Å²) in [5.74, 6) is -0.681. The van der Waals surface area contributed by atoms with Gasteiger partial charge in [-0.15, -0.1) is 11.8 Å². The van der Waals surface area contributed by atoms with Crippen LogP contribution in [0.25, 0.3) is 0 Å². The Morgan fingerprint density at radius 1 is 1.10 bits per heavy atom. The molecule has 0 aliphatic rings. The molecular weight excluding hydrogens is 292 g/mol. The van der Waals surface area contributed by atoms with Gasteiger partial charge in [0.2, 0.25) is 0 Å². The summed E-state index contributed by atoms with van der Waals surface area (Å²) in [5, 5.41) is 9.72. The highest BCUT2D eigenvalue weighted by atomic mass is 35.5. The summed E-state index contributed by atoms with van der Waals surface area (Å²) >= 11 is 7.33. The SMILES string of the molecule is O=C(O)CSC(Cc1ccc(Cl)cc1)c1ccccc1. The number of benzene rings is 2. The molecule has 0 saturated carbocycles. The van der Waals surface area contributed by atoms with Crippen molar-refractivity contribution in [1.82, 2.24) is 0 Å². The quantitative estimate of drug-likeness (QED) is 0.857. The standard InChI is InChI=1S/C16H15ClO2S/c17-14-8-6-12(7-9-14)10-15(20-11-16(18)19)13-4-2-1-3-5-13/h1-9,15H,10-11H2,(H,18,19). The summed E-state index contributed by atoms with van der Waals surface area (Å²) in [5.41, 5.74) is 2.30. The molecule has 0 saturated heterocycles. The van der Waals surface area contributed by atoms with Gasteiger partial charge in [0, 0.05) is 10.3 Å². The molecule has 104 valence electrons. The molecule has 0 heterocycles. The first kappa shape index (κ1) is 14.9. The molecule has 4 heteroatoms. The highest BCUT2D eigenvalue weighted by Gasteiger charge is 2.14. The number of halogens is 1. The van der Waals surface area contributed by atoms with E-state index in [2.05, 4.69) is 0 Å². The molecule has 20 heavy (non-hydrogen) atoms. The highest BCUT2D eigenvalue weighted by molar-refractivity contribution is 8.00. The number of hydrogen-bond acceptors (Lipinski definition) is 2. The van der Waals surface area contributed by atoms with Crippen LogP contribution in [0.5, 0.6) is 0 Å². The second-order valence-electron chi connectivity index (χ2n) is 4.43. The van der Waals surface area contributed by atoms with Crippen molar-refractivity contribution in [2.75, 3.05) is 5.75 Å². The van der Waals surface area contributed by atoms with Crippen LogP contribution in [-0.2, 0) is 11.2 Å². The van der Waals surface area contributed by atoms with Crippen LogP contribution < -0.4 is 0 Å². The van der Waals surface area contributed by atoms with Crippen molar-refractivity contribution in [3.63, 3.8) is 0 Å². The highest BCUT2D eigenvalue weighted by Crippen LogP contribution is 2.32. The summed E-state index contributed by atoms with van der Waals surface area (Å²) in [6.45, 7) is 0. The topological polar surface area (TPSA) is 37.3 Å². The molecule has 2 rings (SSSR count). The van der Waals surface area contributed by atoms with Gasteiger partial charge in [0.05, 0.1) is 5.75 Å². The van der Waals surface area contributed by atoms with E-state index in [0.29, 0.717) is 5.02 Å². The fourth-order valence-electron chi connectivity index (χ4n) is 1.95. The minimum absolute atomic E-state index is 0.104. The van der Waals surface area contributed by atoms with Gasteiger partial charge in [0.15, 0.2) is 0 Å². The Labute approximate surface area is 127 Å². The van der Waals surface area contributed by atoms with Gasteiger partial charge in [-0.3, -0.25) is 4.79 Å². The smallest absolute Gasteiger partial charge is 0.313 e. The summed E-state index contributed by atoms with van der Waals surface area (Å²) in [6, 6.07) is 17.7. The van der Waals surface area contributed by atoms with E-state index < -0.39 is 5.97 Å². The number of thioether (sulfide) groups is 1. The Hall–Kier alpha value is -1.45.